The van der Waals surface area contributed by atoms with Gasteiger partial charge in [-0.2, -0.15) is 0 Å². The van der Waals surface area contributed by atoms with Crippen molar-refractivity contribution in [1.29, 1.82) is 0 Å². The van der Waals surface area contributed by atoms with Gasteiger partial charge in [-0.1, -0.05) is 24.3 Å². The number of carbonyl (C=O) groups excluding carboxylic acids is 3. The highest BCUT2D eigenvalue weighted by Crippen LogP contribution is 2.17. The molecule has 7 nitrogen and oxygen atoms in total. The van der Waals surface area contributed by atoms with Crippen molar-refractivity contribution in [3.8, 4) is 5.75 Å². The van der Waals surface area contributed by atoms with Crippen LogP contribution in [0, 0.1) is 13.8 Å². The molecule has 0 unspecified atom stereocenters. The van der Waals surface area contributed by atoms with E-state index in [0.717, 1.165) is 11.1 Å². The Kier molecular flexibility index (Phi) is 7.14. The Hall–Kier alpha value is -3.35. The van der Waals surface area contributed by atoms with E-state index in [1.807, 2.05) is 32.0 Å². The number of nitrogens with one attached hydrogen (secondary N) is 2. The van der Waals surface area contributed by atoms with Crippen molar-refractivity contribution >= 4 is 23.5 Å². The van der Waals surface area contributed by atoms with Crippen LogP contribution in [0.15, 0.2) is 42.5 Å². The van der Waals surface area contributed by atoms with Crippen LogP contribution >= 0.6 is 0 Å². The number of amides is 2. The van der Waals surface area contributed by atoms with Crippen molar-refractivity contribution in [1.82, 2.24) is 5.32 Å². The highest BCUT2D eigenvalue weighted by molar-refractivity contribution is 5.99. The van der Waals surface area contributed by atoms with Crippen LogP contribution in [0.4, 0.5) is 5.69 Å². The van der Waals surface area contributed by atoms with E-state index in [0.29, 0.717) is 17.0 Å². The van der Waals surface area contributed by atoms with Gasteiger partial charge in [0.1, 0.15) is 12.3 Å². The van der Waals surface area contributed by atoms with Crippen molar-refractivity contribution < 1.29 is 23.9 Å². The van der Waals surface area contributed by atoms with E-state index in [9.17, 15) is 14.4 Å². The molecule has 0 fully saturated rings. The Morgan fingerprint density at radius 2 is 1.79 bits per heavy atom. The van der Waals surface area contributed by atoms with Crippen molar-refractivity contribution in [2.24, 2.45) is 0 Å². The van der Waals surface area contributed by atoms with Gasteiger partial charge in [-0.05, 0) is 50.1 Å². The van der Waals surface area contributed by atoms with Crippen LogP contribution in [0.2, 0.25) is 0 Å². The Balaban J connectivity index is 1.87. The summed E-state index contributed by atoms with van der Waals surface area (Å²) in [7, 11) is 1.45. The number of ether oxygens (including phenoxy) is 2. The van der Waals surface area contributed by atoms with Crippen LogP contribution in [0.1, 0.15) is 28.4 Å². The number of hydrogen-bond acceptors (Lipinski definition) is 5. The summed E-state index contributed by atoms with van der Waals surface area (Å²) in [6.45, 7) is 4.90. The van der Waals surface area contributed by atoms with Crippen molar-refractivity contribution in [2.45, 2.75) is 26.9 Å². The van der Waals surface area contributed by atoms with Gasteiger partial charge in [0.25, 0.3) is 11.8 Å². The number of benzene rings is 2. The predicted octanol–water partition coefficient (Wildman–Crippen LogP) is 2.61. The first-order valence-electron chi connectivity index (χ1n) is 8.80. The van der Waals surface area contributed by atoms with Crippen LogP contribution in [0.25, 0.3) is 0 Å². The normalized spacial score (nSPS) is 11.3. The lowest BCUT2D eigenvalue weighted by molar-refractivity contribution is -0.152. The molecule has 1 atom stereocenters. The monoisotopic (exact) mass is 384 g/mol. The van der Waals surface area contributed by atoms with Crippen LogP contribution in [0.5, 0.6) is 5.75 Å². The fourth-order valence-corrected chi connectivity index (χ4v) is 2.48. The minimum atomic E-state index is -1.00. The lowest BCUT2D eigenvalue weighted by Crippen LogP contribution is -2.36. The van der Waals surface area contributed by atoms with Crippen LogP contribution in [-0.4, -0.2) is 37.5 Å². The summed E-state index contributed by atoms with van der Waals surface area (Å²) in [5.74, 6) is -1.23. The van der Waals surface area contributed by atoms with Crippen molar-refractivity contribution in [3.63, 3.8) is 0 Å². The zero-order valence-electron chi connectivity index (χ0n) is 16.4. The lowest BCUT2D eigenvalue weighted by Gasteiger charge is -2.15. The standard InChI is InChI=1S/C21H24N2O5/c1-13-9-10-14(2)17(11-13)23-20(25)15(3)28-19(24)12-22-21(26)16-7-5-6-8-18(16)27-4/h5-11,15H,12H2,1-4H3,(H,22,26)(H,23,25)/t15-/m0/s1. The summed E-state index contributed by atoms with van der Waals surface area (Å²) < 4.78 is 10.2. The summed E-state index contributed by atoms with van der Waals surface area (Å²) in [5.41, 5.74) is 2.88. The van der Waals surface area contributed by atoms with Gasteiger partial charge in [-0.3, -0.25) is 14.4 Å². The molecule has 0 bridgehead atoms. The molecule has 0 aliphatic rings. The maximum Gasteiger partial charge on any atom is 0.326 e. The van der Waals surface area contributed by atoms with E-state index in [2.05, 4.69) is 10.6 Å². The number of hydrogen-bond donors (Lipinski definition) is 2. The van der Waals surface area contributed by atoms with Gasteiger partial charge in [0.2, 0.25) is 0 Å². The molecule has 2 rings (SSSR count). The van der Waals surface area contributed by atoms with Crippen LogP contribution in [0.3, 0.4) is 0 Å². The Morgan fingerprint density at radius 3 is 2.50 bits per heavy atom. The predicted molar refractivity (Wildman–Crippen MR) is 105 cm³/mol. The van der Waals surface area contributed by atoms with Crippen molar-refractivity contribution in [3.05, 3.63) is 59.2 Å². The minimum absolute atomic E-state index is 0.304. The Labute approximate surface area is 164 Å². The van der Waals surface area contributed by atoms with Gasteiger partial charge in [-0.15, -0.1) is 0 Å². The quantitative estimate of drug-likeness (QED) is 0.716. The van der Waals surface area contributed by atoms with Crippen molar-refractivity contribution in [2.75, 3.05) is 19.0 Å². The van der Waals surface area contributed by atoms with E-state index in [4.69, 9.17) is 9.47 Å². The molecule has 0 saturated heterocycles. The Bertz CT molecular complexity index is 879. The molecule has 0 spiro atoms. The van der Waals surface area contributed by atoms with Gasteiger partial charge in [0.15, 0.2) is 6.10 Å². The largest absolute Gasteiger partial charge is 0.496 e. The van der Waals surface area contributed by atoms with E-state index in [1.54, 1.807) is 24.3 Å². The molecule has 148 valence electrons. The van der Waals surface area contributed by atoms with E-state index in [1.165, 1.54) is 14.0 Å². The second-order valence-corrected chi connectivity index (χ2v) is 6.32. The SMILES string of the molecule is COc1ccccc1C(=O)NCC(=O)O[C@@H](C)C(=O)Nc1cc(C)ccc1C. The zero-order valence-corrected chi connectivity index (χ0v) is 16.4. The molecule has 0 radical (unpaired) electrons. The van der Waals surface area contributed by atoms with Gasteiger partial charge >= 0.3 is 5.97 Å². The maximum atomic E-state index is 12.3. The topological polar surface area (TPSA) is 93.7 Å². The fourth-order valence-electron chi connectivity index (χ4n) is 2.48. The number of rotatable bonds is 7. The zero-order chi connectivity index (χ0) is 20.7. The molecule has 0 heterocycles. The number of para-hydroxylation sites is 1. The molecule has 7 heteroatoms. The van der Waals surface area contributed by atoms with E-state index >= 15 is 0 Å². The summed E-state index contributed by atoms with van der Waals surface area (Å²) in [6.07, 6.45) is -1.00. The highest BCUT2D eigenvalue weighted by atomic mass is 16.5. The Morgan fingerprint density at radius 1 is 1.07 bits per heavy atom. The molecule has 2 aromatic carbocycles. The molecule has 28 heavy (non-hydrogen) atoms. The van der Waals surface area contributed by atoms with E-state index < -0.39 is 23.9 Å². The molecule has 0 aliphatic heterocycles. The summed E-state index contributed by atoms with van der Waals surface area (Å²) >= 11 is 0. The molecular formula is C21H24N2O5. The lowest BCUT2D eigenvalue weighted by atomic mass is 10.1. The molecule has 2 aromatic rings. The number of esters is 1. The van der Waals surface area contributed by atoms with Gasteiger partial charge in [0.05, 0.1) is 12.7 Å². The highest BCUT2D eigenvalue weighted by Gasteiger charge is 2.20. The third-order valence-electron chi connectivity index (χ3n) is 4.07. The summed E-state index contributed by atoms with van der Waals surface area (Å²) in [5, 5.41) is 5.20. The van der Waals surface area contributed by atoms with Gasteiger partial charge < -0.3 is 20.1 Å². The van der Waals surface area contributed by atoms with Gasteiger partial charge in [0, 0.05) is 5.69 Å². The third-order valence-corrected chi connectivity index (χ3v) is 4.07. The maximum absolute atomic E-state index is 12.3. The molecule has 2 amide bonds. The average Bonchev–Trinajstić information content (AvgIpc) is 2.68. The first kappa shape index (κ1) is 21.0. The minimum Gasteiger partial charge on any atom is -0.496 e. The number of carbonyl (C=O) groups is 3. The molecular weight excluding hydrogens is 360 g/mol. The number of aryl methyl sites for hydroxylation is 2. The first-order chi connectivity index (χ1) is 13.3. The number of anilines is 1. The second-order valence-electron chi connectivity index (χ2n) is 6.32. The fraction of sp³-hybridized carbons (Fsp3) is 0.286. The second kappa shape index (κ2) is 9.55. The van der Waals surface area contributed by atoms with Crippen LogP contribution in [-0.2, 0) is 14.3 Å². The summed E-state index contributed by atoms with van der Waals surface area (Å²) in [6, 6.07) is 12.3. The average molecular weight is 384 g/mol. The van der Waals surface area contributed by atoms with E-state index in [-0.39, 0.29) is 6.54 Å². The third kappa shape index (κ3) is 5.57. The van der Waals surface area contributed by atoms with Gasteiger partial charge in [-0.25, -0.2) is 0 Å². The molecule has 0 aromatic heterocycles. The van der Waals surface area contributed by atoms with Crippen LogP contribution < -0.4 is 15.4 Å². The molecule has 2 N–H and O–H groups in total. The molecule has 0 saturated carbocycles. The molecule has 0 aliphatic carbocycles. The number of methoxy groups -OCH3 is 1. The summed E-state index contributed by atoms with van der Waals surface area (Å²) in [4.78, 5) is 36.4. The first-order valence-corrected chi connectivity index (χ1v) is 8.80. The smallest absolute Gasteiger partial charge is 0.326 e.